The van der Waals surface area contributed by atoms with Crippen LogP contribution in [0.5, 0.6) is 0 Å². The van der Waals surface area contributed by atoms with Gasteiger partial charge in [-0.25, -0.2) is 4.99 Å². The topological polar surface area (TPSA) is 95.6 Å². The number of guanidine groups is 1. The summed E-state index contributed by atoms with van der Waals surface area (Å²) in [5.74, 6) is 1.88. The predicted octanol–water partition coefficient (Wildman–Crippen LogP) is 1.44. The zero-order chi connectivity index (χ0) is 16.7. The van der Waals surface area contributed by atoms with E-state index < -0.39 is 5.60 Å². The molecule has 0 radical (unpaired) electrons. The third-order valence-electron chi connectivity index (χ3n) is 3.14. The molecule has 0 saturated heterocycles. The molecule has 1 unspecified atom stereocenters. The lowest BCUT2D eigenvalue weighted by atomic mass is 10.1. The Morgan fingerprint density at radius 2 is 2.30 bits per heavy atom. The van der Waals surface area contributed by atoms with Crippen LogP contribution in [0.25, 0.3) is 0 Å². The van der Waals surface area contributed by atoms with Crippen LogP contribution in [0.2, 0.25) is 0 Å². The Kier molecular flexibility index (Phi) is 6.12. The highest BCUT2D eigenvalue weighted by Gasteiger charge is 2.23. The van der Waals surface area contributed by atoms with E-state index in [1.807, 2.05) is 24.4 Å². The van der Waals surface area contributed by atoms with Crippen molar-refractivity contribution in [2.75, 3.05) is 19.6 Å². The summed E-state index contributed by atoms with van der Waals surface area (Å²) in [6, 6.07) is 3.84. The SMILES string of the molecule is CCNC(=NCC(C)(O)c1cccs1)NCCc1nc(C)no1. The van der Waals surface area contributed by atoms with Crippen molar-refractivity contribution in [1.29, 1.82) is 0 Å². The minimum Gasteiger partial charge on any atom is -0.383 e. The average Bonchev–Trinajstić information content (AvgIpc) is 3.17. The Balaban J connectivity index is 1.89. The van der Waals surface area contributed by atoms with E-state index in [-0.39, 0.29) is 6.54 Å². The minimum atomic E-state index is -0.972. The second-order valence-corrected chi connectivity index (χ2v) is 6.31. The Hall–Kier alpha value is -1.93. The van der Waals surface area contributed by atoms with E-state index in [2.05, 4.69) is 25.8 Å². The molecule has 7 nitrogen and oxygen atoms in total. The fraction of sp³-hybridized carbons (Fsp3) is 0.533. The van der Waals surface area contributed by atoms with Crippen molar-refractivity contribution in [3.05, 3.63) is 34.1 Å². The molecule has 2 aromatic heterocycles. The number of rotatable bonds is 7. The molecule has 0 fully saturated rings. The van der Waals surface area contributed by atoms with Gasteiger partial charge in [0.1, 0.15) is 5.60 Å². The quantitative estimate of drug-likeness (QED) is 0.523. The molecule has 0 amide bonds. The number of aromatic nitrogens is 2. The summed E-state index contributed by atoms with van der Waals surface area (Å²) >= 11 is 1.52. The standard InChI is InChI=1S/C15H23N5O2S/c1-4-16-14(17-8-7-13-19-11(2)20-22-13)18-10-15(3,21)12-6-5-9-23-12/h5-6,9,21H,4,7-8,10H2,1-3H3,(H2,16,17,18). The van der Waals surface area contributed by atoms with E-state index in [4.69, 9.17) is 4.52 Å². The molecule has 1 atom stereocenters. The molecule has 2 heterocycles. The predicted molar refractivity (Wildman–Crippen MR) is 90.6 cm³/mol. The first-order valence-electron chi connectivity index (χ1n) is 7.59. The van der Waals surface area contributed by atoms with Gasteiger partial charge < -0.3 is 20.3 Å². The second kappa shape index (κ2) is 8.07. The van der Waals surface area contributed by atoms with Crippen molar-refractivity contribution in [2.45, 2.75) is 32.8 Å². The lowest BCUT2D eigenvalue weighted by molar-refractivity contribution is 0.0711. The van der Waals surface area contributed by atoms with Crippen LogP contribution in [0.3, 0.4) is 0 Å². The zero-order valence-corrected chi connectivity index (χ0v) is 14.5. The van der Waals surface area contributed by atoms with Gasteiger partial charge in [0.25, 0.3) is 0 Å². The molecule has 0 bridgehead atoms. The highest BCUT2D eigenvalue weighted by atomic mass is 32.1. The number of thiophene rings is 1. The van der Waals surface area contributed by atoms with Crippen LogP contribution < -0.4 is 10.6 Å². The summed E-state index contributed by atoms with van der Waals surface area (Å²) in [5, 5.41) is 22.6. The van der Waals surface area contributed by atoms with Gasteiger partial charge in [-0.2, -0.15) is 4.98 Å². The van der Waals surface area contributed by atoms with Gasteiger partial charge in [-0.1, -0.05) is 11.2 Å². The van der Waals surface area contributed by atoms with E-state index in [9.17, 15) is 5.11 Å². The van der Waals surface area contributed by atoms with Crippen LogP contribution in [0.1, 0.15) is 30.4 Å². The summed E-state index contributed by atoms with van der Waals surface area (Å²) in [6.45, 7) is 7.20. The van der Waals surface area contributed by atoms with Crippen LogP contribution in [-0.2, 0) is 12.0 Å². The van der Waals surface area contributed by atoms with Crippen molar-refractivity contribution >= 4 is 17.3 Å². The van der Waals surface area contributed by atoms with Gasteiger partial charge in [0.05, 0.1) is 6.54 Å². The largest absolute Gasteiger partial charge is 0.383 e. The number of nitrogens with zero attached hydrogens (tertiary/aromatic N) is 3. The van der Waals surface area contributed by atoms with E-state index in [1.54, 1.807) is 13.8 Å². The Morgan fingerprint density at radius 3 is 2.91 bits per heavy atom. The van der Waals surface area contributed by atoms with Crippen LogP contribution in [0, 0.1) is 6.92 Å². The maximum absolute atomic E-state index is 10.5. The van der Waals surface area contributed by atoms with Crippen molar-refractivity contribution < 1.29 is 9.63 Å². The van der Waals surface area contributed by atoms with Gasteiger partial charge >= 0.3 is 0 Å². The van der Waals surface area contributed by atoms with E-state index in [0.717, 1.165) is 11.4 Å². The molecule has 0 aliphatic carbocycles. The Morgan fingerprint density at radius 1 is 1.48 bits per heavy atom. The lowest BCUT2D eigenvalue weighted by Gasteiger charge is -2.20. The molecule has 23 heavy (non-hydrogen) atoms. The maximum atomic E-state index is 10.5. The molecule has 126 valence electrons. The molecule has 2 rings (SSSR count). The summed E-state index contributed by atoms with van der Waals surface area (Å²) in [4.78, 5) is 9.52. The fourth-order valence-electron chi connectivity index (χ4n) is 1.97. The van der Waals surface area contributed by atoms with Gasteiger partial charge in [-0.3, -0.25) is 0 Å². The molecular formula is C15H23N5O2S. The van der Waals surface area contributed by atoms with Gasteiger partial charge in [0.15, 0.2) is 11.8 Å². The van der Waals surface area contributed by atoms with Gasteiger partial charge in [0.2, 0.25) is 5.89 Å². The molecule has 0 aliphatic rings. The highest BCUT2D eigenvalue weighted by molar-refractivity contribution is 7.10. The molecule has 2 aromatic rings. The highest BCUT2D eigenvalue weighted by Crippen LogP contribution is 2.25. The van der Waals surface area contributed by atoms with Crippen molar-refractivity contribution in [3.63, 3.8) is 0 Å². The number of hydrogen-bond donors (Lipinski definition) is 3. The van der Waals surface area contributed by atoms with Crippen LogP contribution in [-0.4, -0.2) is 40.8 Å². The normalized spacial score (nSPS) is 14.5. The average molecular weight is 337 g/mol. The molecular weight excluding hydrogens is 314 g/mol. The Labute approximate surface area is 139 Å². The van der Waals surface area contributed by atoms with Crippen molar-refractivity contribution in [3.8, 4) is 0 Å². The lowest BCUT2D eigenvalue weighted by Crippen LogP contribution is -2.39. The maximum Gasteiger partial charge on any atom is 0.228 e. The first kappa shape index (κ1) is 17.4. The zero-order valence-electron chi connectivity index (χ0n) is 13.7. The third-order valence-corrected chi connectivity index (χ3v) is 4.27. The van der Waals surface area contributed by atoms with E-state index in [1.165, 1.54) is 11.3 Å². The van der Waals surface area contributed by atoms with Crippen LogP contribution >= 0.6 is 11.3 Å². The van der Waals surface area contributed by atoms with E-state index in [0.29, 0.717) is 30.6 Å². The minimum absolute atomic E-state index is 0.280. The molecule has 0 aromatic carbocycles. The Bertz CT molecular complexity index is 622. The number of aryl methyl sites for hydroxylation is 1. The van der Waals surface area contributed by atoms with Crippen LogP contribution in [0.4, 0.5) is 0 Å². The molecule has 0 saturated carbocycles. The van der Waals surface area contributed by atoms with Crippen molar-refractivity contribution in [2.24, 2.45) is 4.99 Å². The molecule has 0 spiro atoms. The van der Waals surface area contributed by atoms with E-state index >= 15 is 0 Å². The summed E-state index contributed by atoms with van der Waals surface area (Å²) in [5.41, 5.74) is -0.972. The summed E-state index contributed by atoms with van der Waals surface area (Å²) < 4.78 is 5.07. The molecule has 8 heteroatoms. The van der Waals surface area contributed by atoms with Gasteiger partial charge in [-0.05, 0) is 32.2 Å². The van der Waals surface area contributed by atoms with Crippen molar-refractivity contribution in [1.82, 2.24) is 20.8 Å². The van der Waals surface area contributed by atoms with Crippen LogP contribution in [0.15, 0.2) is 27.0 Å². The van der Waals surface area contributed by atoms with Gasteiger partial charge in [0, 0.05) is 24.4 Å². The number of hydrogen-bond acceptors (Lipinski definition) is 6. The smallest absolute Gasteiger partial charge is 0.228 e. The third kappa shape index (κ3) is 5.33. The number of aliphatic imine (C=N–C) groups is 1. The second-order valence-electron chi connectivity index (χ2n) is 5.36. The van der Waals surface area contributed by atoms with Gasteiger partial charge in [-0.15, -0.1) is 11.3 Å². The number of aliphatic hydroxyl groups is 1. The number of nitrogens with one attached hydrogen (secondary N) is 2. The molecule has 3 N–H and O–H groups in total. The fourth-order valence-corrected chi connectivity index (χ4v) is 2.75. The summed E-state index contributed by atoms with van der Waals surface area (Å²) in [7, 11) is 0. The summed E-state index contributed by atoms with van der Waals surface area (Å²) in [6.07, 6.45) is 0.618. The monoisotopic (exact) mass is 337 g/mol. The molecule has 0 aliphatic heterocycles. The first-order valence-corrected chi connectivity index (χ1v) is 8.47. The first-order chi connectivity index (χ1) is 11.0.